The Morgan fingerprint density at radius 2 is 1.95 bits per heavy atom. The Hall–Kier alpha value is -1.81. The fraction of sp³-hybridized carbons (Fsp3) is 0.500. The number of benzene rings is 1. The number of amides is 1. The summed E-state index contributed by atoms with van der Waals surface area (Å²) >= 11 is 0. The number of allylic oxidation sites excluding steroid dienone is 1. The van der Waals surface area contributed by atoms with Gasteiger partial charge in [-0.3, -0.25) is 5.32 Å². The number of rotatable bonds is 5. The largest absolute Gasteiger partial charge is 0.414 e. The first kappa shape index (κ1) is 16.6. The first-order valence-electron chi connectivity index (χ1n) is 7.76. The van der Waals surface area contributed by atoms with Crippen molar-refractivity contribution in [3.05, 3.63) is 47.7 Å². The average Bonchev–Trinajstić information content (AvgIpc) is 2.72. The normalized spacial score (nSPS) is 23.5. The van der Waals surface area contributed by atoms with Crippen LogP contribution in [0.5, 0.6) is 0 Å². The van der Waals surface area contributed by atoms with Crippen LogP contribution in [0.3, 0.4) is 0 Å². The molecule has 1 heterocycles. The lowest BCUT2D eigenvalue weighted by atomic mass is 9.92. The smallest absolute Gasteiger partial charge is 0.411 e. The summed E-state index contributed by atoms with van der Waals surface area (Å²) in [6, 6.07) is 10.1. The van der Waals surface area contributed by atoms with Crippen LogP contribution in [0, 0.1) is 5.41 Å². The predicted molar refractivity (Wildman–Crippen MR) is 86.3 cm³/mol. The number of aryl methyl sites for hydroxylation is 1. The van der Waals surface area contributed by atoms with E-state index in [1.54, 1.807) is 0 Å². The molecule has 4 heteroatoms. The summed E-state index contributed by atoms with van der Waals surface area (Å²) in [6.45, 7) is 8.63. The van der Waals surface area contributed by atoms with Gasteiger partial charge in [-0.2, -0.15) is 0 Å². The molecule has 0 spiro atoms. The van der Waals surface area contributed by atoms with E-state index in [2.05, 4.69) is 38.2 Å². The monoisotopic (exact) mass is 303 g/mol. The maximum Gasteiger partial charge on any atom is 0.414 e. The van der Waals surface area contributed by atoms with Crippen molar-refractivity contribution < 1.29 is 14.3 Å². The van der Waals surface area contributed by atoms with E-state index in [9.17, 15) is 4.79 Å². The van der Waals surface area contributed by atoms with Gasteiger partial charge in [0.2, 0.25) is 0 Å². The molecule has 1 amide bonds. The number of alkyl carbamates (subject to hydrolysis) is 1. The molecule has 1 saturated heterocycles. The van der Waals surface area contributed by atoms with Gasteiger partial charge < -0.3 is 9.47 Å². The van der Waals surface area contributed by atoms with E-state index >= 15 is 0 Å². The maximum atomic E-state index is 11.8. The lowest BCUT2D eigenvalue weighted by Crippen LogP contribution is -2.36. The second kappa shape index (κ2) is 6.53. The summed E-state index contributed by atoms with van der Waals surface area (Å²) in [7, 11) is 0. The van der Waals surface area contributed by atoms with Crippen molar-refractivity contribution in [2.45, 2.75) is 46.3 Å². The Labute approximate surface area is 132 Å². The van der Waals surface area contributed by atoms with Crippen LogP contribution in [0.2, 0.25) is 0 Å². The zero-order chi connectivity index (χ0) is 16.2. The van der Waals surface area contributed by atoms with Gasteiger partial charge in [0.1, 0.15) is 0 Å². The molecule has 22 heavy (non-hydrogen) atoms. The van der Waals surface area contributed by atoms with E-state index in [0.717, 1.165) is 6.42 Å². The first-order chi connectivity index (χ1) is 10.3. The fourth-order valence-corrected chi connectivity index (χ4v) is 2.57. The Morgan fingerprint density at radius 1 is 1.27 bits per heavy atom. The Morgan fingerprint density at radius 3 is 2.55 bits per heavy atom. The topological polar surface area (TPSA) is 47.6 Å². The summed E-state index contributed by atoms with van der Waals surface area (Å²) in [5, 5.41) is 2.80. The number of carbonyl (C=O) groups is 1. The van der Waals surface area contributed by atoms with Crippen LogP contribution in [0.25, 0.3) is 0 Å². The van der Waals surface area contributed by atoms with Gasteiger partial charge in [-0.25, -0.2) is 4.79 Å². The van der Waals surface area contributed by atoms with Gasteiger partial charge in [-0.1, -0.05) is 57.2 Å². The number of ether oxygens (including phenoxy) is 2. The third-order valence-electron chi connectivity index (χ3n) is 3.45. The van der Waals surface area contributed by atoms with Crippen molar-refractivity contribution in [3.8, 4) is 0 Å². The SMILES string of the molecule is CCO[C@@]1(CCc2ccccc2)OC(=O)N/C1=C\C(C)(C)C. The lowest BCUT2D eigenvalue weighted by Gasteiger charge is -2.29. The second-order valence-electron chi connectivity index (χ2n) is 6.61. The van der Waals surface area contributed by atoms with Gasteiger partial charge in [0, 0.05) is 13.0 Å². The molecule has 0 aliphatic carbocycles. The van der Waals surface area contributed by atoms with Crippen molar-refractivity contribution in [1.82, 2.24) is 5.32 Å². The Balaban J connectivity index is 2.25. The standard InChI is InChI=1S/C18H25NO3/c1-5-21-18(12-11-14-9-7-6-8-10-14)15(13-17(2,3)4)19-16(20)22-18/h6-10,13H,5,11-12H2,1-4H3,(H,19,20)/b15-13-/t18-/m0/s1. The zero-order valence-corrected chi connectivity index (χ0v) is 13.8. The van der Waals surface area contributed by atoms with Gasteiger partial charge in [-0.15, -0.1) is 0 Å². The highest BCUT2D eigenvalue weighted by Crippen LogP contribution is 2.35. The maximum absolute atomic E-state index is 11.8. The third-order valence-corrected chi connectivity index (χ3v) is 3.45. The van der Waals surface area contributed by atoms with E-state index in [4.69, 9.17) is 9.47 Å². The van der Waals surface area contributed by atoms with E-state index in [-0.39, 0.29) is 5.41 Å². The van der Waals surface area contributed by atoms with Crippen LogP contribution in [0.1, 0.15) is 39.7 Å². The highest BCUT2D eigenvalue weighted by molar-refractivity contribution is 5.74. The molecule has 1 fully saturated rings. The molecule has 0 radical (unpaired) electrons. The molecule has 1 aliphatic rings. The molecule has 120 valence electrons. The number of nitrogens with one attached hydrogen (secondary N) is 1. The summed E-state index contributed by atoms with van der Waals surface area (Å²) < 4.78 is 11.4. The van der Waals surface area contributed by atoms with E-state index in [0.29, 0.717) is 18.7 Å². The summed E-state index contributed by atoms with van der Waals surface area (Å²) in [5.74, 6) is -1.01. The average molecular weight is 303 g/mol. The molecule has 0 aromatic heterocycles. The molecule has 0 saturated carbocycles. The van der Waals surface area contributed by atoms with Crippen molar-refractivity contribution in [2.24, 2.45) is 5.41 Å². The molecule has 0 bridgehead atoms. The Bertz CT molecular complexity index is 545. The number of carbonyl (C=O) groups excluding carboxylic acids is 1. The zero-order valence-electron chi connectivity index (χ0n) is 13.8. The van der Waals surface area contributed by atoms with Crippen LogP contribution >= 0.6 is 0 Å². The summed E-state index contributed by atoms with van der Waals surface area (Å²) in [5.41, 5.74) is 1.83. The van der Waals surface area contributed by atoms with Crippen molar-refractivity contribution in [3.63, 3.8) is 0 Å². The number of cyclic esters (lactones) is 1. The van der Waals surface area contributed by atoms with Crippen LogP contribution in [-0.2, 0) is 15.9 Å². The molecular formula is C18H25NO3. The number of hydrogen-bond acceptors (Lipinski definition) is 3. The lowest BCUT2D eigenvalue weighted by molar-refractivity contribution is -0.161. The van der Waals surface area contributed by atoms with Crippen molar-refractivity contribution in [1.29, 1.82) is 0 Å². The quantitative estimate of drug-likeness (QED) is 0.893. The van der Waals surface area contributed by atoms with Crippen LogP contribution in [0.15, 0.2) is 42.1 Å². The minimum absolute atomic E-state index is 0.0780. The van der Waals surface area contributed by atoms with Crippen molar-refractivity contribution >= 4 is 6.09 Å². The molecule has 1 aromatic carbocycles. The Kier molecular flexibility index (Phi) is 4.91. The van der Waals surface area contributed by atoms with Gasteiger partial charge in [0.15, 0.2) is 0 Å². The second-order valence-corrected chi connectivity index (χ2v) is 6.61. The molecule has 0 unspecified atom stereocenters. The molecule has 1 aromatic rings. The van der Waals surface area contributed by atoms with Crippen molar-refractivity contribution in [2.75, 3.05) is 6.61 Å². The minimum Gasteiger partial charge on any atom is -0.411 e. The minimum atomic E-state index is -1.01. The van der Waals surface area contributed by atoms with Gasteiger partial charge in [0.25, 0.3) is 5.79 Å². The molecule has 4 nitrogen and oxygen atoms in total. The highest BCUT2D eigenvalue weighted by Gasteiger charge is 2.46. The molecule has 2 rings (SSSR count). The van der Waals surface area contributed by atoms with Gasteiger partial charge in [-0.05, 0) is 24.3 Å². The van der Waals surface area contributed by atoms with Crippen LogP contribution < -0.4 is 5.32 Å². The number of hydrogen-bond donors (Lipinski definition) is 1. The highest BCUT2D eigenvalue weighted by atomic mass is 16.7. The molecular weight excluding hydrogens is 278 g/mol. The summed E-state index contributed by atoms with van der Waals surface area (Å²) in [4.78, 5) is 11.8. The van der Waals surface area contributed by atoms with Gasteiger partial charge in [0.05, 0.1) is 5.70 Å². The van der Waals surface area contributed by atoms with E-state index in [1.807, 2.05) is 31.2 Å². The fourth-order valence-electron chi connectivity index (χ4n) is 2.57. The van der Waals surface area contributed by atoms with Crippen LogP contribution in [0.4, 0.5) is 4.79 Å². The van der Waals surface area contributed by atoms with Crippen LogP contribution in [-0.4, -0.2) is 18.5 Å². The van der Waals surface area contributed by atoms with E-state index in [1.165, 1.54) is 5.56 Å². The molecule has 1 aliphatic heterocycles. The molecule has 1 N–H and O–H groups in total. The van der Waals surface area contributed by atoms with Gasteiger partial charge >= 0.3 is 6.09 Å². The van der Waals surface area contributed by atoms with E-state index < -0.39 is 11.9 Å². The molecule has 1 atom stereocenters. The first-order valence-corrected chi connectivity index (χ1v) is 7.76. The third kappa shape index (κ3) is 4.10. The summed E-state index contributed by atoms with van der Waals surface area (Å²) in [6.07, 6.45) is 2.93. The predicted octanol–water partition coefficient (Wildman–Crippen LogP) is 4.02.